The van der Waals surface area contributed by atoms with Gasteiger partial charge in [0.05, 0.1) is 29.8 Å². The zero-order chi connectivity index (χ0) is 23.7. The van der Waals surface area contributed by atoms with E-state index in [1.165, 1.54) is 7.05 Å². The maximum atomic E-state index is 12.8. The molecule has 0 aliphatic carbocycles. The number of sulfonamides is 1. The molecule has 0 aliphatic heterocycles. The molecule has 0 unspecified atom stereocenters. The van der Waals surface area contributed by atoms with Crippen molar-refractivity contribution in [1.82, 2.24) is 5.32 Å². The summed E-state index contributed by atoms with van der Waals surface area (Å²) in [5, 5.41) is 5.49. The smallest absolute Gasteiger partial charge is 0.265 e. The van der Waals surface area contributed by atoms with Crippen LogP contribution in [0.3, 0.4) is 0 Å². The van der Waals surface area contributed by atoms with E-state index < -0.39 is 22.0 Å². The molecule has 0 spiro atoms. The van der Waals surface area contributed by atoms with Gasteiger partial charge in [0.1, 0.15) is 5.75 Å². The van der Waals surface area contributed by atoms with Crippen molar-refractivity contribution in [2.75, 3.05) is 43.2 Å². The van der Waals surface area contributed by atoms with Crippen molar-refractivity contribution in [1.29, 1.82) is 0 Å². The monoisotopic (exact) mass is 463 g/mol. The third-order valence-electron chi connectivity index (χ3n) is 4.66. The minimum Gasteiger partial charge on any atom is -0.481 e. The Morgan fingerprint density at radius 1 is 1.09 bits per heavy atom. The second-order valence-electron chi connectivity index (χ2n) is 7.02. The largest absolute Gasteiger partial charge is 0.481 e. The third kappa shape index (κ3) is 6.96. The van der Waals surface area contributed by atoms with Crippen LogP contribution in [0, 0.1) is 0 Å². The van der Waals surface area contributed by atoms with Crippen molar-refractivity contribution >= 4 is 33.2 Å². The number of nitrogens with one attached hydrogen (secondary N) is 2. The molecule has 0 radical (unpaired) electrons. The first-order valence-electron chi connectivity index (χ1n) is 10.0. The highest BCUT2D eigenvalue weighted by atomic mass is 32.2. The van der Waals surface area contributed by atoms with Crippen LogP contribution in [0.2, 0.25) is 0 Å². The van der Waals surface area contributed by atoms with Crippen molar-refractivity contribution in [3.63, 3.8) is 0 Å². The Morgan fingerprint density at radius 3 is 2.34 bits per heavy atom. The van der Waals surface area contributed by atoms with Gasteiger partial charge in [-0.05, 0) is 42.8 Å². The molecular formula is C22H29N3O6S. The van der Waals surface area contributed by atoms with Gasteiger partial charge in [0.2, 0.25) is 10.0 Å². The molecule has 2 N–H and O–H groups in total. The second-order valence-corrected chi connectivity index (χ2v) is 9.04. The predicted octanol–water partition coefficient (Wildman–Crippen LogP) is 2.25. The van der Waals surface area contributed by atoms with Crippen LogP contribution in [0.15, 0.2) is 48.5 Å². The zero-order valence-corrected chi connectivity index (χ0v) is 19.4. The van der Waals surface area contributed by atoms with Gasteiger partial charge in [-0.3, -0.25) is 13.9 Å². The lowest BCUT2D eigenvalue weighted by molar-refractivity contribution is -0.122. The number of rotatable bonds is 11. The number of ether oxygens (including phenoxy) is 2. The van der Waals surface area contributed by atoms with Crippen LogP contribution in [0.25, 0.3) is 0 Å². The number of hydrogen-bond acceptors (Lipinski definition) is 6. The fourth-order valence-electron chi connectivity index (χ4n) is 2.78. The standard InChI is InChI=1S/C22H29N3O6S/c1-5-20(31-17-12-10-16(11-13-17)25(2)32(4,28)29)22(27)24-19-9-7-6-8-18(19)21(26)23-14-15-30-3/h6-13,20H,5,14-15H2,1-4H3,(H,23,26)(H,24,27)/t20-/m1/s1. The molecule has 0 saturated carbocycles. The summed E-state index contributed by atoms with van der Waals surface area (Å²) >= 11 is 0. The summed E-state index contributed by atoms with van der Waals surface area (Å²) in [6.45, 7) is 2.53. The van der Waals surface area contributed by atoms with E-state index in [1.54, 1.807) is 62.6 Å². The summed E-state index contributed by atoms with van der Waals surface area (Å²) in [5.74, 6) is -0.303. The number of anilines is 2. The van der Waals surface area contributed by atoms with Crippen LogP contribution < -0.4 is 19.7 Å². The molecule has 2 aromatic rings. The number of hydrogen-bond donors (Lipinski definition) is 2. The average molecular weight is 464 g/mol. The van der Waals surface area contributed by atoms with Gasteiger partial charge < -0.3 is 20.1 Å². The van der Waals surface area contributed by atoms with Crippen molar-refractivity contribution in [2.45, 2.75) is 19.4 Å². The molecule has 32 heavy (non-hydrogen) atoms. The molecule has 2 rings (SSSR count). The van der Waals surface area contributed by atoms with Gasteiger partial charge in [-0.15, -0.1) is 0 Å². The number of methoxy groups -OCH3 is 1. The first-order valence-corrected chi connectivity index (χ1v) is 11.9. The Bertz CT molecular complexity index is 1020. The van der Waals surface area contributed by atoms with E-state index in [-0.39, 0.29) is 5.91 Å². The molecule has 2 aromatic carbocycles. The summed E-state index contributed by atoms with van der Waals surface area (Å²) in [6, 6.07) is 13.1. The Balaban J connectivity index is 2.09. The summed E-state index contributed by atoms with van der Waals surface area (Å²) < 4.78 is 35.2. The number of para-hydroxylation sites is 1. The molecule has 10 heteroatoms. The molecule has 0 fully saturated rings. The fourth-order valence-corrected chi connectivity index (χ4v) is 3.28. The van der Waals surface area contributed by atoms with Gasteiger partial charge in [-0.25, -0.2) is 8.42 Å². The number of carbonyl (C=O) groups is 2. The maximum absolute atomic E-state index is 12.8. The molecule has 0 heterocycles. The van der Waals surface area contributed by atoms with E-state index in [2.05, 4.69) is 10.6 Å². The number of carbonyl (C=O) groups excluding carboxylic acids is 2. The van der Waals surface area contributed by atoms with E-state index in [1.807, 2.05) is 0 Å². The Hall–Kier alpha value is -3.11. The zero-order valence-electron chi connectivity index (χ0n) is 18.6. The Morgan fingerprint density at radius 2 is 1.75 bits per heavy atom. The molecule has 0 saturated heterocycles. The van der Waals surface area contributed by atoms with E-state index >= 15 is 0 Å². The molecule has 0 aliphatic rings. The summed E-state index contributed by atoms with van der Waals surface area (Å²) in [7, 11) is -0.375. The van der Waals surface area contributed by atoms with Crippen LogP contribution in [-0.2, 0) is 19.6 Å². The third-order valence-corrected chi connectivity index (χ3v) is 5.87. The normalized spacial score (nSPS) is 12.0. The van der Waals surface area contributed by atoms with Crippen LogP contribution in [-0.4, -0.2) is 59.9 Å². The lowest BCUT2D eigenvalue weighted by Gasteiger charge is -2.20. The van der Waals surface area contributed by atoms with Gasteiger partial charge >= 0.3 is 0 Å². The van der Waals surface area contributed by atoms with E-state index in [9.17, 15) is 18.0 Å². The van der Waals surface area contributed by atoms with Gasteiger partial charge in [-0.1, -0.05) is 19.1 Å². The highest BCUT2D eigenvalue weighted by molar-refractivity contribution is 7.92. The lowest BCUT2D eigenvalue weighted by atomic mass is 10.1. The molecule has 0 aromatic heterocycles. The number of amides is 2. The minimum absolute atomic E-state index is 0.322. The van der Waals surface area contributed by atoms with E-state index in [0.717, 1.165) is 10.6 Å². The van der Waals surface area contributed by atoms with Gasteiger partial charge in [0.15, 0.2) is 6.10 Å². The SMILES string of the molecule is CC[C@@H](Oc1ccc(N(C)S(C)(=O)=O)cc1)C(=O)Nc1ccccc1C(=O)NCCOC. The molecular weight excluding hydrogens is 434 g/mol. The molecule has 9 nitrogen and oxygen atoms in total. The van der Waals surface area contributed by atoms with Gasteiger partial charge in [0, 0.05) is 20.7 Å². The summed E-state index contributed by atoms with van der Waals surface area (Å²) in [5.41, 5.74) is 1.19. The molecule has 2 amide bonds. The van der Waals surface area contributed by atoms with Gasteiger partial charge in [0.25, 0.3) is 11.8 Å². The van der Waals surface area contributed by atoms with Crippen molar-refractivity contribution < 1.29 is 27.5 Å². The fraction of sp³-hybridized carbons (Fsp3) is 0.364. The van der Waals surface area contributed by atoms with E-state index in [0.29, 0.717) is 42.3 Å². The van der Waals surface area contributed by atoms with Crippen molar-refractivity contribution in [2.24, 2.45) is 0 Å². The number of nitrogens with zero attached hydrogens (tertiary/aromatic N) is 1. The Kier molecular flexibility index (Phi) is 9.03. The Labute approximate surface area is 188 Å². The minimum atomic E-state index is -3.37. The highest BCUT2D eigenvalue weighted by Crippen LogP contribution is 2.22. The predicted molar refractivity (Wildman–Crippen MR) is 124 cm³/mol. The topological polar surface area (TPSA) is 114 Å². The summed E-state index contributed by atoms with van der Waals surface area (Å²) in [4.78, 5) is 25.2. The molecule has 174 valence electrons. The van der Waals surface area contributed by atoms with Crippen molar-refractivity contribution in [3.05, 3.63) is 54.1 Å². The van der Waals surface area contributed by atoms with Crippen LogP contribution >= 0.6 is 0 Å². The molecule has 0 bridgehead atoms. The first-order chi connectivity index (χ1) is 15.2. The van der Waals surface area contributed by atoms with Crippen LogP contribution in [0.1, 0.15) is 23.7 Å². The summed E-state index contributed by atoms with van der Waals surface area (Å²) in [6.07, 6.45) is 0.696. The maximum Gasteiger partial charge on any atom is 0.265 e. The van der Waals surface area contributed by atoms with E-state index in [4.69, 9.17) is 9.47 Å². The quantitative estimate of drug-likeness (QED) is 0.494. The number of benzene rings is 2. The van der Waals surface area contributed by atoms with Crippen LogP contribution in [0.4, 0.5) is 11.4 Å². The van der Waals surface area contributed by atoms with Crippen LogP contribution in [0.5, 0.6) is 5.75 Å². The van der Waals surface area contributed by atoms with Gasteiger partial charge in [-0.2, -0.15) is 0 Å². The molecule has 1 atom stereocenters. The first kappa shape index (κ1) is 25.2. The lowest BCUT2D eigenvalue weighted by Crippen LogP contribution is -2.34. The average Bonchev–Trinajstić information content (AvgIpc) is 2.77. The van der Waals surface area contributed by atoms with Crippen molar-refractivity contribution in [3.8, 4) is 5.75 Å². The highest BCUT2D eigenvalue weighted by Gasteiger charge is 2.21. The second kappa shape index (κ2) is 11.5.